The highest BCUT2D eigenvalue weighted by molar-refractivity contribution is 14.1. The van der Waals surface area contributed by atoms with Gasteiger partial charge in [0.15, 0.2) is 0 Å². The van der Waals surface area contributed by atoms with Crippen molar-refractivity contribution >= 4 is 40.3 Å². The molecule has 1 saturated heterocycles. The molecule has 3 nitrogen and oxygen atoms in total. The first-order valence-corrected chi connectivity index (χ1v) is 6.52. The maximum absolute atomic E-state index is 4.31. The number of hydrogen-bond donors (Lipinski definition) is 1. The molecule has 1 aliphatic rings. The summed E-state index contributed by atoms with van der Waals surface area (Å²) in [5, 5.41) is 3.46. The Kier molecular flexibility index (Phi) is 3.02. The number of thioether (sulfide) groups is 1. The van der Waals surface area contributed by atoms with Crippen molar-refractivity contribution in [2.45, 2.75) is 12.5 Å². The van der Waals surface area contributed by atoms with Gasteiger partial charge in [-0.15, -0.1) is 0 Å². The molecule has 0 aromatic carbocycles. The number of hydrogen-bond acceptors (Lipinski definition) is 3. The van der Waals surface area contributed by atoms with Crippen LogP contribution in [-0.2, 0) is 7.05 Å². The van der Waals surface area contributed by atoms with Gasteiger partial charge in [0.25, 0.3) is 0 Å². The molecule has 5 heteroatoms. The Balaban J connectivity index is 2.04. The Bertz CT molecular complexity index is 294. The normalized spacial score (nSPS) is 22.2. The summed E-state index contributed by atoms with van der Waals surface area (Å²) in [5.74, 6) is 3.49. The van der Waals surface area contributed by atoms with E-state index in [4.69, 9.17) is 0 Å². The van der Waals surface area contributed by atoms with E-state index in [0.717, 1.165) is 5.95 Å². The van der Waals surface area contributed by atoms with Gasteiger partial charge in [0, 0.05) is 18.8 Å². The van der Waals surface area contributed by atoms with Crippen molar-refractivity contribution < 1.29 is 0 Å². The molecule has 0 bridgehead atoms. The summed E-state index contributed by atoms with van der Waals surface area (Å²) in [7, 11) is 2.04. The molecular formula is C8H12IN3S. The van der Waals surface area contributed by atoms with Gasteiger partial charge in [0.1, 0.15) is 3.70 Å². The predicted octanol–water partition coefficient (Wildman–Crippen LogP) is 1.94. The minimum absolute atomic E-state index is 0.613. The molecule has 1 atom stereocenters. The highest BCUT2D eigenvalue weighted by Crippen LogP contribution is 2.21. The molecule has 72 valence electrons. The second kappa shape index (κ2) is 4.08. The Morgan fingerprint density at radius 3 is 3.15 bits per heavy atom. The minimum Gasteiger partial charge on any atom is -0.352 e. The highest BCUT2D eigenvalue weighted by Gasteiger charge is 2.16. The van der Waals surface area contributed by atoms with Crippen molar-refractivity contribution in [1.29, 1.82) is 0 Å². The molecule has 1 unspecified atom stereocenters. The topological polar surface area (TPSA) is 29.9 Å². The maximum atomic E-state index is 4.31. The number of imidazole rings is 1. The first-order chi connectivity index (χ1) is 6.27. The first-order valence-electron chi connectivity index (χ1n) is 4.29. The van der Waals surface area contributed by atoms with Crippen LogP contribution in [0.3, 0.4) is 0 Å². The average Bonchev–Trinajstić information content (AvgIpc) is 2.71. The van der Waals surface area contributed by atoms with Gasteiger partial charge in [-0.05, 0) is 34.8 Å². The van der Waals surface area contributed by atoms with Gasteiger partial charge in [-0.1, -0.05) is 0 Å². The second-order valence-corrected chi connectivity index (χ2v) is 5.42. The van der Waals surface area contributed by atoms with Crippen LogP contribution in [0.2, 0.25) is 0 Å². The Hall–Kier alpha value is 0.0900. The second-order valence-electron chi connectivity index (χ2n) is 3.17. The van der Waals surface area contributed by atoms with Crippen molar-refractivity contribution in [2.75, 3.05) is 16.8 Å². The van der Waals surface area contributed by atoms with Gasteiger partial charge >= 0.3 is 0 Å². The Morgan fingerprint density at radius 2 is 2.62 bits per heavy atom. The van der Waals surface area contributed by atoms with Crippen molar-refractivity contribution in [2.24, 2.45) is 7.05 Å². The van der Waals surface area contributed by atoms with Gasteiger partial charge in [-0.25, -0.2) is 4.98 Å². The van der Waals surface area contributed by atoms with E-state index in [-0.39, 0.29) is 0 Å². The molecule has 1 aromatic rings. The molecule has 1 N–H and O–H groups in total. The zero-order valence-electron chi connectivity index (χ0n) is 7.46. The third-order valence-electron chi connectivity index (χ3n) is 2.19. The van der Waals surface area contributed by atoms with Crippen LogP contribution < -0.4 is 5.32 Å². The van der Waals surface area contributed by atoms with E-state index in [0.29, 0.717) is 6.04 Å². The summed E-state index contributed by atoms with van der Waals surface area (Å²) in [4.78, 5) is 4.31. The molecule has 0 amide bonds. The Labute approximate surface area is 95.8 Å². The lowest BCUT2D eigenvalue weighted by Gasteiger charge is -2.11. The summed E-state index contributed by atoms with van der Waals surface area (Å²) in [6.07, 6.45) is 3.15. The molecule has 13 heavy (non-hydrogen) atoms. The molecule has 1 fully saturated rings. The van der Waals surface area contributed by atoms with E-state index in [1.54, 1.807) is 0 Å². The molecule has 0 saturated carbocycles. The van der Waals surface area contributed by atoms with Crippen molar-refractivity contribution in [1.82, 2.24) is 9.55 Å². The largest absolute Gasteiger partial charge is 0.352 e. The molecule has 2 heterocycles. The van der Waals surface area contributed by atoms with E-state index < -0.39 is 0 Å². The van der Waals surface area contributed by atoms with Gasteiger partial charge in [-0.3, -0.25) is 0 Å². The van der Waals surface area contributed by atoms with Gasteiger partial charge in [-0.2, -0.15) is 11.8 Å². The summed E-state index contributed by atoms with van der Waals surface area (Å²) in [6, 6.07) is 0.613. The van der Waals surface area contributed by atoms with Crippen molar-refractivity contribution in [3.05, 3.63) is 9.90 Å². The van der Waals surface area contributed by atoms with Crippen molar-refractivity contribution in [3.8, 4) is 0 Å². The fourth-order valence-electron chi connectivity index (χ4n) is 1.35. The summed E-state index contributed by atoms with van der Waals surface area (Å²) >= 11 is 4.30. The molecule has 1 aliphatic heterocycles. The summed E-state index contributed by atoms with van der Waals surface area (Å²) < 4.78 is 3.26. The Morgan fingerprint density at radius 1 is 1.77 bits per heavy atom. The lowest BCUT2D eigenvalue weighted by atomic mass is 10.3. The van der Waals surface area contributed by atoms with Gasteiger partial charge < -0.3 is 9.88 Å². The predicted molar refractivity (Wildman–Crippen MR) is 65.3 cm³/mol. The van der Waals surface area contributed by atoms with E-state index >= 15 is 0 Å². The number of nitrogens with zero attached hydrogens (tertiary/aromatic N) is 2. The van der Waals surface area contributed by atoms with E-state index in [1.807, 2.05) is 25.0 Å². The first kappa shape index (κ1) is 9.64. The standard InChI is InChI=1S/C8H12IN3S/c1-12-7(9)4-10-8(12)11-6-2-3-13-5-6/h4,6H,2-3,5H2,1H3,(H,10,11). The molecule has 2 rings (SSSR count). The van der Waals surface area contributed by atoms with Crippen LogP contribution in [0.25, 0.3) is 0 Å². The lowest BCUT2D eigenvalue weighted by Crippen LogP contribution is -2.20. The molecule has 0 aliphatic carbocycles. The van der Waals surface area contributed by atoms with Crippen LogP contribution in [0.15, 0.2) is 6.20 Å². The van der Waals surface area contributed by atoms with E-state index in [1.165, 1.54) is 21.6 Å². The van der Waals surface area contributed by atoms with Gasteiger partial charge in [0.2, 0.25) is 5.95 Å². The fourth-order valence-corrected chi connectivity index (χ4v) is 2.87. The highest BCUT2D eigenvalue weighted by atomic mass is 127. The summed E-state index contributed by atoms with van der Waals surface area (Å²) in [6.45, 7) is 0. The number of aromatic nitrogens is 2. The molecule has 0 radical (unpaired) electrons. The quantitative estimate of drug-likeness (QED) is 0.847. The maximum Gasteiger partial charge on any atom is 0.203 e. The average molecular weight is 309 g/mol. The number of anilines is 1. The lowest BCUT2D eigenvalue weighted by molar-refractivity contribution is 0.775. The van der Waals surface area contributed by atoms with Crippen LogP contribution in [0.4, 0.5) is 5.95 Å². The van der Waals surface area contributed by atoms with Crippen molar-refractivity contribution in [3.63, 3.8) is 0 Å². The molecule has 1 aromatic heterocycles. The molecule has 0 spiro atoms. The monoisotopic (exact) mass is 309 g/mol. The fraction of sp³-hybridized carbons (Fsp3) is 0.625. The zero-order valence-corrected chi connectivity index (χ0v) is 10.4. The summed E-state index contributed by atoms with van der Waals surface area (Å²) in [5.41, 5.74) is 0. The van der Waals surface area contributed by atoms with E-state index in [9.17, 15) is 0 Å². The van der Waals surface area contributed by atoms with Gasteiger partial charge in [0.05, 0.1) is 6.20 Å². The zero-order chi connectivity index (χ0) is 9.26. The minimum atomic E-state index is 0.613. The molecular weight excluding hydrogens is 297 g/mol. The smallest absolute Gasteiger partial charge is 0.203 e. The van der Waals surface area contributed by atoms with Crippen LogP contribution >= 0.6 is 34.4 Å². The van der Waals surface area contributed by atoms with E-state index in [2.05, 4.69) is 37.5 Å². The number of rotatable bonds is 2. The number of nitrogens with one attached hydrogen (secondary N) is 1. The third-order valence-corrected chi connectivity index (χ3v) is 4.36. The van der Waals surface area contributed by atoms with Crippen LogP contribution in [0.1, 0.15) is 6.42 Å². The third kappa shape index (κ3) is 2.12. The SMILES string of the molecule is Cn1c(I)cnc1NC1CCSC1. The van der Waals surface area contributed by atoms with Crippen LogP contribution in [-0.4, -0.2) is 27.1 Å². The van der Waals surface area contributed by atoms with Crippen LogP contribution in [0.5, 0.6) is 0 Å². The number of halogens is 1. The van der Waals surface area contributed by atoms with Crippen LogP contribution in [0, 0.1) is 3.70 Å².